The zero-order valence-electron chi connectivity index (χ0n) is 7.28. The standard InChI is InChI=1S/C9H4BrFN2OS/c10-6-4-15-13-8(6)9(14)5-1-2-12-3-7(5)11/h1-4H. The van der Waals surface area contributed by atoms with Crippen LogP contribution in [-0.2, 0) is 0 Å². The Morgan fingerprint density at radius 1 is 1.53 bits per heavy atom. The molecule has 76 valence electrons. The molecule has 6 heteroatoms. The first-order chi connectivity index (χ1) is 7.20. The Morgan fingerprint density at radius 3 is 2.93 bits per heavy atom. The lowest BCUT2D eigenvalue weighted by Gasteiger charge is -1.98. The SMILES string of the molecule is O=C(c1ccncc1F)c1nscc1Br. The normalized spacial score (nSPS) is 10.3. The summed E-state index contributed by atoms with van der Waals surface area (Å²) in [6.45, 7) is 0. The summed E-state index contributed by atoms with van der Waals surface area (Å²) in [5.74, 6) is -1.08. The molecule has 0 aliphatic carbocycles. The summed E-state index contributed by atoms with van der Waals surface area (Å²) in [6.07, 6.45) is 2.38. The van der Waals surface area contributed by atoms with E-state index in [1.807, 2.05) is 0 Å². The van der Waals surface area contributed by atoms with Gasteiger partial charge < -0.3 is 0 Å². The zero-order chi connectivity index (χ0) is 10.8. The lowest BCUT2D eigenvalue weighted by molar-refractivity contribution is 0.103. The molecular formula is C9H4BrFN2OS. The fourth-order valence-electron chi connectivity index (χ4n) is 1.06. The van der Waals surface area contributed by atoms with Crippen LogP contribution in [0.3, 0.4) is 0 Å². The third kappa shape index (κ3) is 1.95. The molecule has 0 radical (unpaired) electrons. The van der Waals surface area contributed by atoms with Crippen LogP contribution in [0.5, 0.6) is 0 Å². The Hall–Kier alpha value is -1.14. The third-order valence-electron chi connectivity index (χ3n) is 1.76. The number of hydrogen-bond acceptors (Lipinski definition) is 4. The van der Waals surface area contributed by atoms with Crippen molar-refractivity contribution in [1.29, 1.82) is 0 Å². The number of nitrogens with zero attached hydrogens (tertiary/aromatic N) is 2. The highest BCUT2D eigenvalue weighted by molar-refractivity contribution is 9.10. The van der Waals surface area contributed by atoms with E-state index >= 15 is 0 Å². The summed E-state index contributed by atoms with van der Waals surface area (Å²) in [4.78, 5) is 15.4. The summed E-state index contributed by atoms with van der Waals surface area (Å²) in [6, 6.07) is 1.34. The van der Waals surface area contributed by atoms with Crippen LogP contribution in [0.2, 0.25) is 0 Å². The second-order valence-corrected chi connectivity index (χ2v) is 4.18. The Kier molecular flexibility index (Phi) is 2.88. The summed E-state index contributed by atoms with van der Waals surface area (Å²) >= 11 is 4.32. The molecule has 2 aromatic rings. The number of hydrogen-bond donors (Lipinski definition) is 0. The lowest BCUT2D eigenvalue weighted by atomic mass is 10.1. The molecular weight excluding hydrogens is 283 g/mol. The van der Waals surface area contributed by atoms with Gasteiger partial charge in [-0.05, 0) is 33.5 Å². The van der Waals surface area contributed by atoms with E-state index in [1.54, 1.807) is 5.38 Å². The quantitative estimate of drug-likeness (QED) is 0.797. The summed E-state index contributed by atoms with van der Waals surface area (Å²) in [5.41, 5.74) is 0.210. The fraction of sp³-hybridized carbons (Fsp3) is 0. The van der Waals surface area contributed by atoms with Crippen molar-refractivity contribution in [2.24, 2.45) is 0 Å². The molecule has 0 amide bonds. The Bertz CT molecular complexity index is 514. The molecule has 0 spiro atoms. The molecule has 0 aliphatic heterocycles. The Balaban J connectivity index is 2.46. The minimum Gasteiger partial charge on any atom is -0.287 e. The van der Waals surface area contributed by atoms with Gasteiger partial charge in [-0.15, -0.1) is 0 Å². The number of aromatic nitrogens is 2. The molecule has 15 heavy (non-hydrogen) atoms. The second kappa shape index (κ2) is 4.16. The maximum Gasteiger partial charge on any atom is 0.216 e. The number of halogens is 2. The van der Waals surface area contributed by atoms with Crippen molar-refractivity contribution < 1.29 is 9.18 Å². The van der Waals surface area contributed by atoms with Crippen LogP contribution in [0, 0.1) is 5.82 Å². The molecule has 0 atom stereocenters. The van der Waals surface area contributed by atoms with Gasteiger partial charge in [-0.25, -0.2) is 4.39 Å². The zero-order valence-corrected chi connectivity index (χ0v) is 9.68. The van der Waals surface area contributed by atoms with Gasteiger partial charge in [-0.1, -0.05) is 0 Å². The van der Waals surface area contributed by atoms with Gasteiger partial charge in [0, 0.05) is 11.6 Å². The average molecular weight is 287 g/mol. The van der Waals surface area contributed by atoms with Crippen molar-refractivity contribution in [2.75, 3.05) is 0 Å². The number of rotatable bonds is 2. The first kappa shape index (κ1) is 10.4. The van der Waals surface area contributed by atoms with Crippen LogP contribution in [0.1, 0.15) is 16.1 Å². The van der Waals surface area contributed by atoms with E-state index < -0.39 is 11.6 Å². The highest BCUT2D eigenvalue weighted by Gasteiger charge is 2.18. The van der Waals surface area contributed by atoms with Crippen molar-refractivity contribution >= 4 is 33.2 Å². The summed E-state index contributed by atoms with van der Waals surface area (Å²) < 4.78 is 17.7. The maximum absolute atomic E-state index is 13.2. The van der Waals surface area contributed by atoms with Crippen LogP contribution in [0.15, 0.2) is 28.3 Å². The first-order valence-electron chi connectivity index (χ1n) is 3.94. The predicted octanol–water partition coefficient (Wildman–Crippen LogP) is 2.67. The first-order valence-corrected chi connectivity index (χ1v) is 5.57. The van der Waals surface area contributed by atoms with Crippen LogP contribution >= 0.6 is 27.5 Å². The molecule has 0 saturated heterocycles. The van der Waals surface area contributed by atoms with Gasteiger partial charge >= 0.3 is 0 Å². The Morgan fingerprint density at radius 2 is 2.33 bits per heavy atom. The number of ketones is 1. The molecule has 0 saturated carbocycles. The molecule has 0 aliphatic rings. The van der Waals surface area contributed by atoms with E-state index in [9.17, 15) is 9.18 Å². The molecule has 3 nitrogen and oxygen atoms in total. The largest absolute Gasteiger partial charge is 0.287 e. The molecule has 2 aromatic heterocycles. The van der Waals surface area contributed by atoms with Gasteiger partial charge in [0.1, 0.15) is 5.69 Å². The van der Waals surface area contributed by atoms with E-state index in [4.69, 9.17) is 0 Å². The highest BCUT2D eigenvalue weighted by Crippen LogP contribution is 2.21. The molecule has 0 N–H and O–H groups in total. The molecule has 2 heterocycles. The number of pyridine rings is 1. The fourth-order valence-corrected chi connectivity index (χ4v) is 2.24. The van der Waals surface area contributed by atoms with Crippen molar-refractivity contribution in [1.82, 2.24) is 9.36 Å². The van der Waals surface area contributed by atoms with Crippen molar-refractivity contribution in [2.45, 2.75) is 0 Å². The lowest BCUT2D eigenvalue weighted by Crippen LogP contribution is -2.05. The van der Waals surface area contributed by atoms with E-state index in [1.165, 1.54) is 12.3 Å². The van der Waals surface area contributed by atoms with Crippen molar-refractivity contribution in [3.8, 4) is 0 Å². The van der Waals surface area contributed by atoms with E-state index in [-0.39, 0.29) is 11.3 Å². The van der Waals surface area contributed by atoms with Gasteiger partial charge in [0.25, 0.3) is 0 Å². The Labute approximate surface area is 97.3 Å². The number of carbonyl (C=O) groups is 1. The van der Waals surface area contributed by atoms with Crippen LogP contribution < -0.4 is 0 Å². The van der Waals surface area contributed by atoms with E-state index in [2.05, 4.69) is 25.3 Å². The van der Waals surface area contributed by atoms with Crippen LogP contribution in [0.25, 0.3) is 0 Å². The predicted molar refractivity (Wildman–Crippen MR) is 57.4 cm³/mol. The van der Waals surface area contributed by atoms with Gasteiger partial charge in [0.15, 0.2) is 5.82 Å². The highest BCUT2D eigenvalue weighted by atomic mass is 79.9. The minimum atomic E-state index is -0.637. The second-order valence-electron chi connectivity index (χ2n) is 2.70. The monoisotopic (exact) mass is 286 g/mol. The van der Waals surface area contributed by atoms with Crippen molar-refractivity contribution in [3.63, 3.8) is 0 Å². The van der Waals surface area contributed by atoms with Gasteiger partial charge in [0.05, 0.1) is 16.2 Å². The smallest absolute Gasteiger partial charge is 0.216 e. The molecule has 0 unspecified atom stereocenters. The molecule has 2 rings (SSSR count). The summed E-state index contributed by atoms with van der Waals surface area (Å²) in [7, 11) is 0. The van der Waals surface area contributed by atoms with Gasteiger partial charge in [-0.3, -0.25) is 9.78 Å². The van der Waals surface area contributed by atoms with Gasteiger partial charge in [-0.2, -0.15) is 4.37 Å². The third-order valence-corrected chi connectivity index (χ3v) is 3.30. The van der Waals surface area contributed by atoms with Crippen LogP contribution in [0.4, 0.5) is 4.39 Å². The van der Waals surface area contributed by atoms with E-state index in [0.717, 1.165) is 17.7 Å². The maximum atomic E-state index is 13.2. The van der Waals surface area contributed by atoms with Crippen molar-refractivity contribution in [3.05, 3.63) is 45.4 Å². The molecule has 0 fully saturated rings. The summed E-state index contributed by atoms with van der Waals surface area (Å²) in [5, 5.41) is 1.67. The number of carbonyl (C=O) groups excluding carboxylic acids is 1. The minimum absolute atomic E-state index is 0.0170. The van der Waals surface area contributed by atoms with Crippen LogP contribution in [-0.4, -0.2) is 15.1 Å². The molecule has 0 bridgehead atoms. The van der Waals surface area contributed by atoms with E-state index in [0.29, 0.717) is 4.47 Å². The van der Waals surface area contributed by atoms with Gasteiger partial charge in [0.2, 0.25) is 5.78 Å². The topological polar surface area (TPSA) is 42.9 Å². The average Bonchev–Trinajstić information content (AvgIpc) is 2.64. The molecule has 0 aromatic carbocycles.